The molecule has 22 heavy (non-hydrogen) atoms. The van der Waals surface area contributed by atoms with E-state index in [1.165, 1.54) is 25.7 Å². The number of ether oxygens (including phenoxy) is 1. The molecule has 0 aliphatic carbocycles. The number of hydrogen-bond donors (Lipinski definition) is 1. The van der Waals surface area contributed by atoms with Crippen molar-refractivity contribution in [2.24, 2.45) is 0 Å². The van der Waals surface area contributed by atoms with Crippen LogP contribution in [-0.4, -0.2) is 30.3 Å². The second kappa shape index (κ2) is 12.5. The number of carbonyl (C=O) groups excluding carboxylic acids is 3. The highest BCUT2D eigenvalue weighted by molar-refractivity contribution is 7.59. The van der Waals surface area contributed by atoms with E-state index in [9.17, 15) is 14.4 Å². The van der Waals surface area contributed by atoms with Gasteiger partial charge in [-0.2, -0.15) is 13.5 Å². The smallest absolute Gasteiger partial charge is 0.328 e. The summed E-state index contributed by atoms with van der Waals surface area (Å²) >= 11 is 0. The second-order valence-electron chi connectivity index (χ2n) is 5.66. The first-order chi connectivity index (χ1) is 10.1. The van der Waals surface area contributed by atoms with Crippen LogP contribution in [0.2, 0.25) is 0 Å². The van der Waals surface area contributed by atoms with E-state index >= 15 is 0 Å². The van der Waals surface area contributed by atoms with Crippen molar-refractivity contribution in [2.45, 2.75) is 77.2 Å². The first-order valence-electron chi connectivity index (χ1n) is 8.11. The van der Waals surface area contributed by atoms with Crippen molar-refractivity contribution in [2.75, 3.05) is 6.61 Å². The summed E-state index contributed by atoms with van der Waals surface area (Å²) in [5.41, 5.74) is 0. The van der Waals surface area contributed by atoms with Gasteiger partial charge < -0.3 is 10.1 Å². The Hall–Kier alpha value is -1.04. The predicted molar refractivity (Wildman–Crippen MR) is 90.1 cm³/mol. The van der Waals surface area contributed by atoms with E-state index < -0.39 is 12.0 Å². The van der Waals surface area contributed by atoms with E-state index in [1.54, 1.807) is 0 Å². The molecule has 1 heterocycles. The summed E-state index contributed by atoms with van der Waals surface area (Å²) in [6, 6.07) is -0.566. The zero-order chi connectivity index (χ0) is 15.5. The highest BCUT2D eigenvalue weighted by Gasteiger charge is 2.28. The lowest BCUT2D eigenvalue weighted by Crippen LogP contribution is -2.38. The number of esters is 1. The normalized spacial score (nSPS) is 16.8. The molecule has 6 heteroatoms. The maximum absolute atomic E-state index is 11.7. The van der Waals surface area contributed by atoms with Crippen LogP contribution < -0.4 is 5.32 Å². The van der Waals surface area contributed by atoms with Crippen molar-refractivity contribution in [3.05, 3.63) is 0 Å². The number of Topliss-reactive ketones (excluding diaryl/α,β-unsaturated/α-hetero) is 1. The highest BCUT2D eigenvalue weighted by atomic mass is 32.1. The molecule has 1 amide bonds. The van der Waals surface area contributed by atoms with Gasteiger partial charge in [0.2, 0.25) is 5.91 Å². The highest BCUT2D eigenvalue weighted by Crippen LogP contribution is 2.10. The minimum Gasteiger partial charge on any atom is -0.464 e. The van der Waals surface area contributed by atoms with Gasteiger partial charge in [-0.1, -0.05) is 45.4 Å². The fourth-order valence-corrected chi connectivity index (χ4v) is 2.42. The molecular weight excluding hydrogens is 302 g/mol. The number of nitrogens with one attached hydrogen (secondary N) is 1. The van der Waals surface area contributed by atoms with Crippen LogP contribution in [0.4, 0.5) is 0 Å². The molecule has 0 bridgehead atoms. The Morgan fingerprint density at radius 3 is 2.36 bits per heavy atom. The molecule has 1 aliphatic rings. The van der Waals surface area contributed by atoms with E-state index in [1.807, 2.05) is 0 Å². The molecule has 1 atom stereocenters. The summed E-state index contributed by atoms with van der Waals surface area (Å²) in [5, 5.41) is 2.55. The Morgan fingerprint density at radius 2 is 1.77 bits per heavy atom. The molecule has 0 unspecified atom stereocenters. The van der Waals surface area contributed by atoms with Crippen LogP contribution in [0, 0.1) is 0 Å². The van der Waals surface area contributed by atoms with E-state index in [0.29, 0.717) is 19.4 Å². The Bertz CT molecular complexity index is 360. The summed E-state index contributed by atoms with van der Waals surface area (Å²) in [6.07, 6.45) is 8.90. The molecule has 0 aromatic carbocycles. The van der Waals surface area contributed by atoms with Crippen molar-refractivity contribution < 1.29 is 19.1 Å². The van der Waals surface area contributed by atoms with E-state index in [2.05, 4.69) is 12.2 Å². The molecule has 1 rings (SSSR count). The van der Waals surface area contributed by atoms with Crippen molar-refractivity contribution >= 4 is 31.2 Å². The molecule has 1 aliphatic heterocycles. The summed E-state index contributed by atoms with van der Waals surface area (Å²) in [5.74, 6) is -0.818. The van der Waals surface area contributed by atoms with Crippen molar-refractivity contribution in [1.82, 2.24) is 5.32 Å². The van der Waals surface area contributed by atoms with Crippen LogP contribution in [0.1, 0.15) is 71.1 Å². The topological polar surface area (TPSA) is 72.5 Å². The Morgan fingerprint density at radius 1 is 1.14 bits per heavy atom. The monoisotopic (exact) mass is 331 g/mol. The third-order valence-electron chi connectivity index (χ3n) is 3.69. The molecular formula is C16H29NO4S. The third-order valence-corrected chi connectivity index (χ3v) is 3.69. The molecule has 0 aromatic rings. The number of hydrogen-bond acceptors (Lipinski definition) is 4. The van der Waals surface area contributed by atoms with Gasteiger partial charge in [-0.25, -0.2) is 4.79 Å². The molecule has 0 radical (unpaired) electrons. The number of ketones is 1. The summed E-state index contributed by atoms with van der Waals surface area (Å²) in [7, 11) is 0. The zero-order valence-corrected chi connectivity index (χ0v) is 14.5. The minimum atomic E-state index is -0.566. The molecule has 1 fully saturated rings. The Labute approximate surface area is 140 Å². The number of unbranched alkanes of at least 4 members (excludes halogenated alkanes) is 6. The third kappa shape index (κ3) is 9.07. The molecule has 128 valence electrons. The van der Waals surface area contributed by atoms with Gasteiger partial charge in [0.25, 0.3) is 0 Å². The minimum absolute atomic E-state index is 0. The number of cyclic esters (lactones) is 1. The molecule has 0 saturated carbocycles. The standard InChI is InChI=1S/C16H27NO4.H2S/c1-2-3-4-5-6-7-8-9-13(18)12-15(19)17-14-10-11-21-16(14)20;/h14H,2-12H2,1H3,(H,17,19);1H2/t14-;/m0./s1. The van der Waals surface area contributed by atoms with Gasteiger partial charge in [0.1, 0.15) is 11.8 Å². The van der Waals surface area contributed by atoms with Crippen LogP contribution in [-0.2, 0) is 19.1 Å². The van der Waals surface area contributed by atoms with Gasteiger partial charge in [-0.05, 0) is 6.42 Å². The molecule has 0 aromatic heterocycles. The Balaban J connectivity index is 0.00000441. The average Bonchev–Trinajstić information content (AvgIpc) is 2.83. The average molecular weight is 331 g/mol. The number of rotatable bonds is 11. The summed E-state index contributed by atoms with van der Waals surface area (Å²) in [6.45, 7) is 2.53. The largest absolute Gasteiger partial charge is 0.464 e. The summed E-state index contributed by atoms with van der Waals surface area (Å²) < 4.78 is 4.75. The predicted octanol–water partition coefficient (Wildman–Crippen LogP) is 2.63. The SMILES string of the molecule is CCCCCCCCCC(=O)CC(=O)N[C@H]1CCOC1=O.S. The van der Waals surface area contributed by atoms with Crippen molar-refractivity contribution in [3.8, 4) is 0 Å². The van der Waals surface area contributed by atoms with Gasteiger partial charge in [-0.3, -0.25) is 9.59 Å². The lowest BCUT2D eigenvalue weighted by atomic mass is 10.1. The van der Waals surface area contributed by atoms with E-state index in [-0.39, 0.29) is 31.6 Å². The Kier molecular flexibility index (Phi) is 11.9. The van der Waals surface area contributed by atoms with Crippen molar-refractivity contribution in [3.63, 3.8) is 0 Å². The van der Waals surface area contributed by atoms with Gasteiger partial charge in [0, 0.05) is 12.8 Å². The van der Waals surface area contributed by atoms with Gasteiger partial charge >= 0.3 is 5.97 Å². The fourth-order valence-electron chi connectivity index (χ4n) is 2.42. The second-order valence-corrected chi connectivity index (χ2v) is 5.66. The van der Waals surface area contributed by atoms with Crippen LogP contribution >= 0.6 is 13.5 Å². The number of amides is 1. The molecule has 0 spiro atoms. The fraction of sp³-hybridized carbons (Fsp3) is 0.812. The quantitative estimate of drug-likeness (QED) is 0.359. The first-order valence-corrected chi connectivity index (χ1v) is 8.11. The number of carbonyl (C=O) groups is 3. The maximum atomic E-state index is 11.7. The lowest BCUT2D eigenvalue weighted by Gasteiger charge is -2.08. The van der Waals surface area contributed by atoms with Crippen LogP contribution in [0.25, 0.3) is 0 Å². The van der Waals surface area contributed by atoms with Crippen molar-refractivity contribution in [1.29, 1.82) is 0 Å². The summed E-state index contributed by atoms with van der Waals surface area (Å²) in [4.78, 5) is 34.5. The maximum Gasteiger partial charge on any atom is 0.328 e. The molecule has 5 nitrogen and oxygen atoms in total. The van der Waals surface area contributed by atoms with Crippen LogP contribution in [0.3, 0.4) is 0 Å². The van der Waals surface area contributed by atoms with Gasteiger partial charge in [0.15, 0.2) is 0 Å². The van der Waals surface area contributed by atoms with Gasteiger partial charge in [0.05, 0.1) is 13.0 Å². The van der Waals surface area contributed by atoms with Crippen LogP contribution in [0.15, 0.2) is 0 Å². The molecule has 1 saturated heterocycles. The van der Waals surface area contributed by atoms with Crippen LogP contribution in [0.5, 0.6) is 0 Å². The van der Waals surface area contributed by atoms with Gasteiger partial charge in [-0.15, -0.1) is 0 Å². The zero-order valence-electron chi connectivity index (χ0n) is 13.5. The molecule has 1 N–H and O–H groups in total. The van der Waals surface area contributed by atoms with E-state index in [0.717, 1.165) is 19.3 Å². The van der Waals surface area contributed by atoms with E-state index in [4.69, 9.17) is 4.74 Å². The lowest BCUT2D eigenvalue weighted by molar-refractivity contribution is -0.142. The first kappa shape index (κ1) is 21.0.